The third-order valence-electron chi connectivity index (χ3n) is 1.65. The van der Waals surface area contributed by atoms with Crippen LogP contribution in [-0.4, -0.2) is 11.4 Å². The quantitative estimate of drug-likeness (QED) is 0.389. The first kappa shape index (κ1) is 7.79. The molecule has 2 heteroatoms. The zero-order valence-corrected chi connectivity index (χ0v) is 6.49. The first-order valence-corrected chi connectivity index (χ1v) is 3.55. The molecule has 0 spiro atoms. The fraction of sp³-hybridized carbons (Fsp3) is 0.222. The SMILES string of the molecule is Cc1ccccc1CC=NO. The van der Waals surface area contributed by atoms with Crippen LogP contribution >= 0.6 is 0 Å². The van der Waals surface area contributed by atoms with Gasteiger partial charge >= 0.3 is 0 Å². The van der Waals surface area contributed by atoms with Crippen molar-refractivity contribution < 1.29 is 5.21 Å². The average Bonchev–Trinajstić information content (AvgIpc) is 2.03. The number of oxime groups is 1. The molecule has 0 heterocycles. The molecule has 0 saturated heterocycles. The molecule has 2 nitrogen and oxygen atoms in total. The van der Waals surface area contributed by atoms with Gasteiger partial charge in [-0.15, -0.1) is 5.16 Å². The Morgan fingerprint density at radius 2 is 2.18 bits per heavy atom. The Morgan fingerprint density at radius 3 is 2.82 bits per heavy atom. The Morgan fingerprint density at radius 1 is 1.45 bits per heavy atom. The molecular formula is C9H11NO. The van der Waals surface area contributed by atoms with Crippen molar-refractivity contribution in [2.45, 2.75) is 13.3 Å². The minimum atomic E-state index is 0.698. The van der Waals surface area contributed by atoms with Gasteiger partial charge in [0, 0.05) is 12.6 Å². The summed E-state index contributed by atoms with van der Waals surface area (Å²) in [6, 6.07) is 8.04. The molecule has 0 saturated carbocycles. The number of hydrogen-bond acceptors (Lipinski definition) is 2. The number of hydrogen-bond donors (Lipinski definition) is 1. The molecule has 0 atom stereocenters. The maximum absolute atomic E-state index is 8.19. The van der Waals surface area contributed by atoms with Crippen molar-refractivity contribution in [1.82, 2.24) is 0 Å². The molecule has 0 amide bonds. The molecule has 0 aliphatic carbocycles. The molecule has 11 heavy (non-hydrogen) atoms. The molecule has 0 bridgehead atoms. The lowest BCUT2D eigenvalue weighted by Gasteiger charge is -1.99. The highest BCUT2D eigenvalue weighted by Crippen LogP contribution is 2.05. The second-order valence-electron chi connectivity index (χ2n) is 2.43. The maximum atomic E-state index is 8.19. The summed E-state index contributed by atoms with van der Waals surface area (Å²) in [5.74, 6) is 0. The zero-order valence-electron chi connectivity index (χ0n) is 6.49. The normalized spacial score (nSPS) is 10.6. The van der Waals surface area contributed by atoms with Crippen molar-refractivity contribution in [2.75, 3.05) is 0 Å². The summed E-state index contributed by atoms with van der Waals surface area (Å²) in [4.78, 5) is 0. The van der Waals surface area contributed by atoms with Gasteiger partial charge in [-0.2, -0.15) is 0 Å². The summed E-state index contributed by atoms with van der Waals surface area (Å²) in [7, 11) is 0. The highest BCUT2D eigenvalue weighted by atomic mass is 16.4. The van der Waals surface area contributed by atoms with Crippen LogP contribution in [0.2, 0.25) is 0 Å². The second-order valence-corrected chi connectivity index (χ2v) is 2.43. The van der Waals surface area contributed by atoms with E-state index in [0.29, 0.717) is 6.42 Å². The largest absolute Gasteiger partial charge is 0.411 e. The Kier molecular flexibility index (Phi) is 2.66. The third kappa shape index (κ3) is 2.08. The van der Waals surface area contributed by atoms with Crippen LogP contribution in [0.15, 0.2) is 29.4 Å². The summed E-state index contributed by atoms with van der Waals surface area (Å²) >= 11 is 0. The van der Waals surface area contributed by atoms with Gasteiger partial charge in [0.25, 0.3) is 0 Å². The summed E-state index contributed by atoms with van der Waals surface area (Å²) in [6.07, 6.45) is 2.19. The van der Waals surface area contributed by atoms with E-state index >= 15 is 0 Å². The first-order chi connectivity index (χ1) is 5.34. The van der Waals surface area contributed by atoms with Crippen LogP contribution in [0.25, 0.3) is 0 Å². The van der Waals surface area contributed by atoms with Crippen molar-refractivity contribution in [3.8, 4) is 0 Å². The number of benzene rings is 1. The molecule has 0 aliphatic heterocycles. The molecule has 58 valence electrons. The summed E-state index contributed by atoms with van der Waals surface area (Å²) in [6.45, 7) is 2.04. The van der Waals surface area contributed by atoms with Gasteiger partial charge in [-0.3, -0.25) is 0 Å². The highest BCUT2D eigenvalue weighted by molar-refractivity contribution is 5.61. The van der Waals surface area contributed by atoms with Crippen LogP contribution in [0.5, 0.6) is 0 Å². The van der Waals surface area contributed by atoms with Crippen LogP contribution in [0.1, 0.15) is 11.1 Å². The molecule has 1 rings (SSSR count). The van der Waals surface area contributed by atoms with Gasteiger partial charge in [0.1, 0.15) is 0 Å². The van der Waals surface area contributed by atoms with Crippen LogP contribution < -0.4 is 0 Å². The molecule has 1 N–H and O–H groups in total. The number of rotatable bonds is 2. The summed E-state index contributed by atoms with van der Waals surface area (Å²) in [5.41, 5.74) is 2.43. The molecule has 0 fully saturated rings. The van der Waals surface area contributed by atoms with Crippen molar-refractivity contribution in [2.24, 2.45) is 5.16 Å². The molecule has 0 unspecified atom stereocenters. The van der Waals surface area contributed by atoms with Crippen LogP contribution in [0.4, 0.5) is 0 Å². The standard InChI is InChI=1S/C9H11NO/c1-8-4-2-3-5-9(8)6-7-10-11/h2-5,7,11H,6H2,1H3. The molecule has 0 aromatic heterocycles. The van der Waals surface area contributed by atoms with Crippen molar-refractivity contribution >= 4 is 6.21 Å². The fourth-order valence-corrected chi connectivity index (χ4v) is 0.978. The van der Waals surface area contributed by atoms with Gasteiger partial charge < -0.3 is 5.21 Å². The highest BCUT2D eigenvalue weighted by Gasteiger charge is 1.92. The van der Waals surface area contributed by atoms with Gasteiger partial charge in [-0.25, -0.2) is 0 Å². The van der Waals surface area contributed by atoms with E-state index in [2.05, 4.69) is 5.16 Å². The molecule has 0 radical (unpaired) electrons. The fourth-order valence-electron chi connectivity index (χ4n) is 0.978. The molecule has 1 aromatic rings. The van der Waals surface area contributed by atoms with E-state index in [1.165, 1.54) is 17.3 Å². The van der Waals surface area contributed by atoms with Gasteiger partial charge in [0.05, 0.1) is 0 Å². The zero-order chi connectivity index (χ0) is 8.10. The predicted octanol–water partition coefficient (Wildman–Crippen LogP) is 2.00. The minimum Gasteiger partial charge on any atom is -0.411 e. The van der Waals surface area contributed by atoms with Gasteiger partial charge in [-0.1, -0.05) is 24.3 Å². The smallest absolute Gasteiger partial charge is 0.0479 e. The number of nitrogens with zero attached hydrogens (tertiary/aromatic N) is 1. The summed E-state index contributed by atoms with van der Waals surface area (Å²) < 4.78 is 0. The minimum absolute atomic E-state index is 0.698. The van der Waals surface area contributed by atoms with E-state index in [4.69, 9.17) is 5.21 Å². The van der Waals surface area contributed by atoms with Crippen LogP contribution in [0.3, 0.4) is 0 Å². The van der Waals surface area contributed by atoms with Crippen molar-refractivity contribution in [1.29, 1.82) is 0 Å². The van der Waals surface area contributed by atoms with Crippen molar-refractivity contribution in [3.05, 3.63) is 35.4 Å². The molecule has 0 aliphatic rings. The molecular weight excluding hydrogens is 138 g/mol. The maximum Gasteiger partial charge on any atom is 0.0479 e. The van der Waals surface area contributed by atoms with E-state index in [9.17, 15) is 0 Å². The summed E-state index contributed by atoms with van der Waals surface area (Å²) in [5, 5.41) is 11.1. The van der Waals surface area contributed by atoms with Crippen LogP contribution in [0, 0.1) is 6.92 Å². The Hall–Kier alpha value is -1.31. The van der Waals surface area contributed by atoms with E-state index in [1.54, 1.807) is 0 Å². The van der Waals surface area contributed by atoms with E-state index in [0.717, 1.165) is 0 Å². The average molecular weight is 149 g/mol. The number of aryl methyl sites for hydroxylation is 1. The lowest BCUT2D eigenvalue weighted by Crippen LogP contribution is -1.89. The molecule has 1 aromatic carbocycles. The van der Waals surface area contributed by atoms with Gasteiger partial charge in [0.2, 0.25) is 0 Å². The van der Waals surface area contributed by atoms with Gasteiger partial charge in [-0.05, 0) is 18.1 Å². The van der Waals surface area contributed by atoms with Gasteiger partial charge in [0.15, 0.2) is 0 Å². The van der Waals surface area contributed by atoms with E-state index < -0.39 is 0 Å². The Bertz CT molecular complexity index is 255. The Labute approximate surface area is 66.2 Å². The first-order valence-electron chi connectivity index (χ1n) is 3.55. The predicted molar refractivity (Wildman–Crippen MR) is 45.2 cm³/mol. The third-order valence-corrected chi connectivity index (χ3v) is 1.65. The Balaban J connectivity index is 2.77. The lowest BCUT2D eigenvalue weighted by atomic mass is 10.1. The monoisotopic (exact) mass is 149 g/mol. The van der Waals surface area contributed by atoms with Crippen LogP contribution in [-0.2, 0) is 6.42 Å². The van der Waals surface area contributed by atoms with E-state index in [-0.39, 0.29) is 0 Å². The van der Waals surface area contributed by atoms with Crippen molar-refractivity contribution in [3.63, 3.8) is 0 Å². The van der Waals surface area contributed by atoms with E-state index in [1.807, 2.05) is 31.2 Å². The second kappa shape index (κ2) is 3.76. The lowest BCUT2D eigenvalue weighted by molar-refractivity contribution is 0.321. The topological polar surface area (TPSA) is 32.6 Å².